The zero-order valence-electron chi connectivity index (χ0n) is 18.9. The van der Waals surface area contributed by atoms with Crippen molar-refractivity contribution in [3.8, 4) is 11.1 Å². The first-order chi connectivity index (χ1) is 15.9. The molecule has 0 spiro atoms. The van der Waals surface area contributed by atoms with Gasteiger partial charge in [-0.25, -0.2) is 4.79 Å². The Kier molecular flexibility index (Phi) is 6.67. The number of alkyl carbamates (subject to hydrolysis) is 1. The van der Waals surface area contributed by atoms with E-state index in [1.807, 2.05) is 38.1 Å². The van der Waals surface area contributed by atoms with Gasteiger partial charge in [0.2, 0.25) is 5.91 Å². The second kappa shape index (κ2) is 9.65. The van der Waals surface area contributed by atoms with E-state index in [1.54, 1.807) is 0 Å². The molecule has 1 unspecified atom stereocenters. The van der Waals surface area contributed by atoms with Gasteiger partial charge in [-0.15, -0.1) is 0 Å². The first-order valence-electron chi connectivity index (χ1n) is 11.5. The summed E-state index contributed by atoms with van der Waals surface area (Å²) in [7, 11) is 0. The molecular weight excluding hydrogens is 420 g/mol. The molecule has 1 saturated carbocycles. The average molecular weight is 451 g/mol. The number of carbonyl (C=O) groups is 3. The van der Waals surface area contributed by atoms with E-state index in [9.17, 15) is 14.4 Å². The number of carbonyl (C=O) groups excluding carboxylic acids is 2. The smallest absolute Gasteiger partial charge is 0.407 e. The van der Waals surface area contributed by atoms with Crippen LogP contribution < -0.4 is 10.6 Å². The predicted octanol–water partition coefficient (Wildman–Crippen LogP) is 3.78. The van der Waals surface area contributed by atoms with E-state index in [0.29, 0.717) is 19.4 Å². The first-order valence-corrected chi connectivity index (χ1v) is 11.5. The predicted molar refractivity (Wildman–Crippen MR) is 124 cm³/mol. The Morgan fingerprint density at radius 3 is 2.21 bits per heavy atom. The molecule has 174 valence electrons. The lowest BCUT2D eigenvalue weighted by atomic mass is 9.98. The molecule has 0 aliphatic heterocycles. The van der Waals surface area contributed by atoms with E-state index in [0.717, 1.165) is 22.3 Å². The van der Waals surface area contributed by atoms with E-state index >= 15 is 0 Å². The molecule has 0 radical (unpaired) electrons. The van der Waals surface area contributed by atoms with Crippen LogP contribution in [0.15, 0.2) is 48.5 Å². The Morgan fingerprint density at radius 2 is 1.67 bits per heavy atom. The van der Waals surface area contributed by atoms with Gasteiger partial charge in [0.25, 0.3) is 0 Å². The van der Waals surface area contributed by atoms with Gasteiger partial charge in [0.15, 0.2) is 0 Å². The fourth-order valence-corrected chi connectivity index (χ4v) is 4.59. The van der Waals surface area contributed by atoms with E-state index in [4.69, 9.17) is 9.84 Å². The lowest BCUT2D eigenvalue weighted by molar-refractivity contribution is -0.139. The van der Waals surface area contributed by atoms with Gasteiger partial charge in [-0.1, -0.05) is 68.8 Å². The lowest BCUT2D eigenvalue weighted by Gasteiger charge is -2.24. The van der Waals surface area contributed by atoms with Gasteiger partial charge in [0, 0.05) is 12.5 Å². The summed E-state index contributed by atoms with van der Waals surface area (Å²) in [4.78, 5) is 36.4. The highest BCUT2D eigenvalue weighted by molar-refractivity contribution is 5.86. The van der Waals surface area contributed by atoms with Crippen molar-refractivity contribution < 1.29 is 24.2 Å². The van der Waals surface area contributed by atoms with Crippen molar-refractivity contribution in [3.05, 3.63) is 59.7 Å². The molecule has 2 aromatic rings. The van der Waals surface area contributed by atoms with Crippen LogP contribution in [0.1, 0.15) is 43.7 Å². The van der Waals surface area contributed by atoms with Crippen LogP contribution in [0.2, 0.25) is 0 Å². The van der Waals surface area contributed by atoms with Gasteiger partial charge in [-0.05, 0) is 40.5 Å². The number of nitrogens with one attached hydrogen (secondary N) is 2. The largest absolute Gasteiger partial charge is 0.481 e. The van der Waals surface area contributed by atoms with Crippen LogP contribution in [-0.2, 0) is 14.3 Å². The van der Waals surface area contributed by atoms with Gasteiger partial charge in [0.05, 0.1) is 5.92 Å². The minimum Gasteiger partial charge on any atom is -0.481 e. The van der Waals surface area contributed by atoms with Crippen molar-refractivity contribution in [2.45, 2.75) is 38.6 Å². The molecule has 3 N–H and O–H groups in total. The van der Waals surface area contributed by atoms with Crippen molar-refractivity contribution in [1.82, 2.24) is 10.6 Å². The molecule has 2 amide bonds. The number of carboxylic acids is 1. The topological polar surface area (TPSA) is 105 Å². The molecule has 4 rings (SSSR count). The number of carboxylic acid groups (broad SMARTS) is 1. The quantitative estimate of drug-likeness (QED) is 0.539. The molecule has 2 aliphatic carbocycles. The fraction of sp³-hybridized carbons (Fsp3) is 0.423. The van der Waals surface area contributed by atoms with E-state index in [-0.39, 0.29) is 36.2 Å². The molecule has 0 saturated heterocycles. The Morgan fingerprint density at radius 1 is 1.06 bits per heavy atom. The molecule has 1 fully saturated rings. The average Bonchev–Trinajstić information content (AvgIpc) is 3.55. The maximum Gasteiger partial charge on any atom is 0.407 e. The van der Waals surface area contributed by atoms with E-state index in [2.05, 4.69) is 34.9 Å². The Bertz CT molecular complexity index is 1010. The number of amides is 2. The van der Waals surface area contributed by atoms with Gasteiger partial charge in [-0.3, -0.25) is 9.59 Å². The Hall–Kier alpha value is -3.35. The maximum atomic E-state index is 12.7. The molecule has 7 heteroatoms. The molecule has 0 heterocycles. The number of benzene rings is 2. The molecule has 0 aromatic heterocycles. The number of rotatable bonds is 9. The van der Waals surface area contributed by atoms with Crippen LogP contribution in [0.4, 0.5) is 4.79 Å². The SMILES string of the molecule is CCC(C)[C@H](NC(=O)OCC1c2ccccc2-c2ccccc21)C(=O)NC[C@H]1C[C@H]1C(=O)O. The minimum atomic E-state index is -0.829. The minimum absolute atomic E-state index is 0.0431. The third-order valence-electron chi connectivity index (χ3n) is 6.89. The van der Waals surface area contributed by atoms with Crippen LogP contribution >= 0.6 is 0 Å². The molecule has 2 aliphatic rings. The third kappa shape index (κ3) is 4.87. The summed E-state index contributed by atoms with van der Waals surface area (Å²) in [5.74, 6) is -1.72. The number of aliphatic carboxylic acids is 1. The van der Waals surface area contributed by atoms with E-state index < -0.39 is 18.1 Å². The summed E-state index contributed by atoms with van der Waals surface area (Å²) < 4.78 is 5.59. The van der Waals surface area contributed by atoms with Gasteiger partial charge >= 0.3 is 12.1 Å². The summed E-state index contributed by atoms with van der Waals surface area (Å²) in [6.45, 7) is 4.32. The highest BCUT2D eigenvalue weighted by atomic mass is 16.5. The van der Waals surface area contributed by atoms with Crippen LogP contribution in [0.25, 0.3) is 11.1 Å². The second-order valence-corrected chi connectivity index (χ2v) is 9.02. The van der Waals surface area contributed by atoms with Crippen molar-refractivity contribution in [3.63, 3.8) is 0 Å². The fourth-order valence-electron chi connectivity index (χ4n) is 4.59. The van der Waals surface area contributed by atoms with Crippen LogP contribution in [0, 0.1) is 17.8 Å². The third-order valence-corrected chi connectivity index (χ3v) is 6.89. The van der Waals surface area contributed by atoms with Crippen molar-refractivity contribution in [2.24, 2.45) is 17.8 Å². The van der Waals surface area contributed by atoms with Gasteiger partial charge in [-0.2, -0.15) is 0 Å². The Balaban J connectivity index is 1.36. The number of ether oxygens (including phenoxy) is 1. The lowest BCUT2D eigenvalue weighted by Crippen LogP contribution is -2.50. The molecule has 4 atom stereocenters. The van der Waals surface area contributed by atoms with Crippen LogP contribution in [0.3, 0.4) is 0 Å². The van der Waals surface area contributed by atoms with Gasteiger partial charge in [0.1, 0.15) is 12.6 Å². The zero-order chi connectivity index (χ0) is 23.5. The van der Waals surface area contributed by atoms with Crippen LogP contribution in [-0.4, -0.2) is 42.3 Å². The number of hydrogen-bond donors (Lipinski definition) is 3. The second-order valence-electron chi connectivity index (χ2n) is 9.02. The van der Waals surface area contributed by atoms with E-state index in [1.165, 1.54) is 0 Å². The summed E-state index contributed by atoms with van der Waals surface area (Å²) in [5, 5.41) is 14.6. The van der Waals surface area contributed by atoms with Gasteiger partial charge < -0.3 is 20.5 Å². The van der Waals surface area contributed by atoms with Crippen molar-refractivity contribution in [2.75, 3.05) is 13.2 Å². The first kappa shape index (κ1) is 22.8. The monoisotopic (exact) mass is 450 g/mol. The summed E-state index contributed by atoms with van der Waals surface area (Å²) in [6.07, 6.45) is 0.638. The molecule has 33 heavy (non-hydrogen) atoms. The molecule has 7 nitrogen and oxygen atoms in total. The summed E-state index contributed by atoms with van der Waals surface area (Å²) in [5.41, 5.74) is 4.55. The van der Waals surface area contributed by atoms with Crippen molar-refractivity contribution >= 4 is 18.0 Å². The number of fused-ring (bicyclic) bond motifs is 3. The number of hydrogen-bond acceptors (Lipinski definition) is 4. The summed E-state index contributed by atoms with van der Waals surface area (Å²) >= 11 is 0. The molecule has 0 bridgehead atoms. The molecular formula is C26H30N2O5. The molecule has 2 aromatic carbocycles. The highest BCUT2D eigenvalue weighted by Gasteiger charge is 2.43. The zero-order valence-corrected chi connectivity index (χ0v) is 18.9. The summed E-state index contributed by atoms with van der Waals surface area (Å²) in [6, 6.07) is 15.5. The normalized spacial score (nSPS) is 20.2. The van der Waals surface area contributed by atoms with Crippen molar-refractivity contribution in [1.29, 1.82) is 0 Å². The maximum absolute atomic E-state index is 12.7. The standard InChI is InChI=1S/C26H30N2O5/c1-3-15(2)23(24(29)27-13-16-12-21(16)25(30)31)28-26(32)33-14-22-19-10-6-4-8-17(19)18-9-5-7-11-20(18)22/h4-11,15-16,21-23H,3,12-14H2,1-2H3,(H,27,29)(H,28,32)(H,30,31)/t15?,16-,21-,23+/m1/s1. The Labute approximate surface area is 193 Å². The highest BCUT2D eigenvalue weighted by Crippen LogP contribution is 2.44. The van der Waals surface area contributed by atoms with Crippen LogP contribution in [0.5, 0.6) is 0 Å².